The first-order valence-corrected chi connectivity index (χ1v) is 11.3. The number of aromatic nitrogens is 1. The Hall–Kier alpha value is -2.65. The van der Waals surface area contributed by atoms with Crippen molar-refractivity contribution >= 4 is 38.2 Å². The molecule has 3 atom stereocenters. The van der Waals surface area contributed by atoms with Gasteiger partial charge in [0.05, 0.1) is 16.3 Å². The Balaban J connectivity index is 1.47. The van der Waals surface area contributed by atoms with Gasteiger partial charge < -0.3 is 4.57 Å². The summed E-state index contributed by atoms with van der Waals surface area (Å²) in [6.07, 6.45) is 5.42. The lowest BCUT2D eigenvalue weighted by Gasteiger charge is -2.20. The van der Waals surface area contributed by atoms with E-state index in [-0.39, 0.29) is 5.25 Å². The lowest BCUT2D eigenvalue weighted by atomic mass is 10.0. The Labute approximate surface area is 166 Å². The zero-order valence-electron chi connectivity index (χ0n) is 15.5. The fraction of sp³-hybridized carbons (Fsp3) is 0.200. The van der Waals surface area contributed by atoms with Gasteiger partial charge in [0.2, 0.25) is 0 Å². The van der Waals surface area contributed by atoms with E-state index in [1.807, 2.05) is 0 Å². The monoisotopic (exact) mass is 383 g/mol. The van der Waals surface area contributed by atoms with Crippen LogP contribution in [-0.2, 0) is 10.8 Å². The predicted molar refractivity (Wildman–Crippen MR) is 118 cm³/mol. The molecule has 0 amide bonds. The van der Waals surface area contributed by atoms with Crippen LogP contribution >= 0.6 is 0 Å². The van der Waals surface area contributed by atoms with E-state index in [2.05, 4.69) is 83.4 Å². The van der Waals surface area contributed by atoms with E-state index >= 15 is 0 Å². The third-order valence-electron chi connectivity index (χ3n) is 6.31. The maximum Gasteiger partial charge on any atom is 0.0541 e. The van der Waals surface area contributed by atoms with Crippen LogP contribution < -0.4 is 0 Å². The highest BCUT2D eigenvalue weighted by atomic mass is 32.2. The van der Waals surface area contributed by atoms with Gasteiger partial charge in [0.1, 0.15) is 0 Å². The molecule has 2 bridgehead atoms. The van der Waals surface area contributed by atoms with Crippen LogP contribution in [0.2, 0.25) is 0 Å². The minimum Gasteiger partial charge on any atom is -0.309 e. The second-order valence-corrected chi connectivity index (χ2v) is 9.81. The van der Waals surface area contributed by atoms with E-state index in [1.54, 1.807) is 0 Å². The van der Waals surface area contributed by atoms with E-state index < -0.39 is 10.8 Å². The van der Waals surface area contributed by atoms with Gasteiger partial charge in [-0.2, -0.15) is 0 Å². The van der Waals surface area contributed by atoms with Gasteiger partial charge in [-0.3, -0.25) is 4.21 Å². The third-order valence-corrected chi connectivity index (χ3v) is 8.34. The highest BCUT2D eigenvalue weighted by molar-refractivity contribution is 7.86. The van der Waals surface area contributed by atoms with Gasteiger partial charge in [-0.1, -0.05) is 54.6 Å². The third kappa shape index (κ3) is 2.36. The van der Waals surface area contributed by atoms with Crippen LogP contribution in [-0.4, -0.2) is 19.3 Å². The summed E-state index contributed by atoms with van der Waals surface area (Å²) >= 11 is 0. The molecule has 2 aliphatic heterocycles. The standard InChI is InChI=1S/C25H21NOS/c27-28-20-13-14-21(28)16-18(15-20)17-9-11-19(12-10-17)26-24-7-3-1-5-22(24)23-6-2-4-8-25(23)26/h1-12,15,20-21H,13-14,16H2. The predicted octanol–water partition coefficient (Wildman–Crippen LogP) is 5.85. The van der Waals surface area contributed by atoms with Crippen molar-refractivity contribution < 1.29 is 4.21 Å². The van der Waals surface area contributed by atoms with E-state index in [0.717, 1.165) is 19.3 Å². The van der Waals surface area contributed by atoms with E-state index in [1.165, 1.54) is 38.6 Å². The Morgan fingerprint density at radius 2 is 1.43 bits per heavy atom. The average molecular weight is 384 g/mol. The van der Waals surface area contributed by atoms with Gasteiger partial charge in [0.15, 0.2) is 0 Å². The Kier molecular flexibility index (Phi) is 3.60. The van der Waals surface area contributed by atoms with Gasteiger partial charge in [-0.05, 0) is 54.7 Å². The summed E-state index contributed by atoms with van der Waals surface area (Å²) in [5.74, 6) is 0. The first-order chi connectivity index (χ1) is 13.8. The molecule has 1 saturated heterocycles. The number of fused-ring (bicyclic) bond motifs is 5. The maximum absolute atomic E-state index is 12.3. The number of hydrogen-bond acceptors (Lipinski definition) is 1. The number of benzene rings is 3. The summed E-state index contributed by atoms with van der Waals surface area (Å²) in [7, 11) is -0.654. The van der Waals surface area contributed by atoms with Crippen LogP contribution in [0.3, 0.4) is 0 Å². The SMILES string of the molecule is O=S1C2C=C(c3ccc(-n4c5ccccc5c5ccccc54)cc3)CC1CC2. The molecule has 0 N–H and O–H groups in total. The molecular formula is C25H21NOS. The van der Waals surface area contributed by atoms with Crippen molar-refractivity contribution in [1.29, 1.82) is 0 Å². The minimum atomic E-state index is -0.654. The van der Waals surface area contributed by atoms with E-state index in [4.69, 9.17) is 0 Å². The summed E-state index contributed by atoms with van der Waals surface area (Å²) in [6, 6.07) is 26.1. The van der Waals surface area contributed by atoms with Gasteiger partial charge in [-0.15, -0.1) is 0 Å². The van der Waals surface area contributed by atoms with Gasteiger partial charge in [0.25, 0.3) is 0 Å². The van der Waals surface area contributed by atoms with Crippen LogP contribution in [0, 0.1) is 0 Å². The minimum absolute atomic E-state index is 0.269. The van der Waals surface area contributed by atoms with Crippen molar-refractivity contribution in [2.75, 3.05) is 0 Å². The van der Waals surface area contributed by atoms with Crippen LogP contribution in [0.25, 0.3) is 33.1 Å². The van der Waals surface area contributed by atoms with Crippen molar-refractivity contribution in [3.63, 3.8) is 0 Å². The topological polar surface area (TPSA) is 22.0 Å². The Bertz CT molecular complexity index is 1210. The van der Waals surface area contributed by atoms with Gasteiger partial charge >= 0.3 is 0 Å². The van der Waals surface area contributed by atoms with Gasteiger partial charge in [-0.25, -0.2) is 0 Å². The highest BCUT2D eigenvalue weighted by Crippen LogP contribution is 2.39. The molecule has 3 unspecified atom stereocenters. The largest absolute Gasteiger partial charge is 0.309 e. The second kappa shape index (κ2) is 6.18. The van der Waals surface area contributed by atoms with Crippen molar-refractivity contribution in [3.05, 3.63) is 84.4 Å². The number of rotatable bonds is 2. The number of nitrogens with zero attached hydrogens (tertiary/aromatic N) is 1. The lowest BCUT2D eigenvalue weighted by Crippen LogP contribution is -2.19. The maximum atomic E-state index is 12.3. The summed E-state index contributed by atoms with van der Waals surface area (Å²) in [6.45, 7) is 0. The van der Waals surface area contributed by atoms with Crippen molar-refractivity contribution in [3.8, 4) is 5.69 Å². The molecule has 2 aliphatic rings. The van der Waals surface area contributed by atoms with Crippen LogP contribution in [0.15, 0.2) is 78.9 Å². The van der Waals surface area contributed by atoms with Crippen molar-refractivity contribution in [2.45, 2.75) is 29.8 Å². The Morgan fingerprint density at radius 3 is 2.07 bits per heavy atom. The molecule has 0 radical (unpaired) electrons. The smallest absolute Gasteiger partial charge is 0.0541 e. The molecule has 4 aromatic rings. The summed E-state index contributed by atoms with van der Waals surface area (Å²) in [5, 5.41) is 3.21. The van der Waals surface area contributed by atoms with Crippen LogP contribution in [0.1, 0.15) is 24.8 Å². The zero-order chi connectivity index (χ0) is 18.7. The molecule has 1 fully saturated rings. The Morgan fingerprint density at radius 1 is 0.786 bits per heavy atom. The molecule has 0 saturated carbocycles. The fourth-order valence-electron chi connectivity index (χ4n) is 4.94. The van der Waals surface area contributed by atoms with E-state index in [0.29, 0.717) is 5.25 Å². The molecule has 1 aromatic heterocycles. The summed E-state index contributed by atoms with van der Waals surface area (Å²) in [4.78, 5) is 0. The molecule has 138 valence electrons. The van der Waals surface area contributed by atoms with Crippen molar-refractivity contribution in [1.82, 2.24) is 4.57 Å². The van der Waals surface area contributed by atoms with Crippen LogP contribution in [0.5, 0.6) is 0 Å². The first-order valence-electron chi connectivity index (χ1n) is 9.99. The molecule has 3 aromatic carbocycles. The quantitative estimate of drug-likeness (QED) is 0.425. The number of hydrogen-bond donors (Lipinski definition) is 0. The molecule has 28 heavy (non-hydrogen) atoms. The zero-order valence-corrected chi connectivity index (χ0v) is 16.4. The summed E-state index contributed by atoms with van der Waals surface area (Å²) < 4.78 is 14.6. The van der Waals surface area contributed by atoms with Crippen molar-refractivity contribution in [2.24, 2.45) is 0 Å². The second-order valence-electron chi connectivity index (χ2n) is 7.88. The van der Waals surface area contributed by atoms with Gasteiger partial charge in [0, 0.05) is 32.5 Å². The molecule has 0 aliphatic carbocycles. The molecule has 3 heteroatoms. The first kappa shape index (κ1) is 16.3. The summed E-state index contributed by atoms with van der Waals surface area (Å²) in [5.41, 5.74) is 6.31. The molecule has 3 heterocycles. The number of allylic oxidation sites excluding steroid dienone is 1. The molecule has 2 nitrogen and oxygen atoms in total. The molecular weight excluding hydrogens is 362 g/mol. The van der Waals surface area contributed by atoms with E-state index in [9.17, 15) is 4.21 Å². The average Bonchev–Trinajstić information content (AvgIpc) is 3.15. The fourth-order valence-corrected chi connectivity index (χ4v) is 6.81. The number of para-hydroxylation sites is 2. The molecule has 6 rings (SSSR count). The van der Waals surface area contributed by atoms with Crippen LogP contribution in [0.4, 0.5) is 0 Å². The highest BCUT2D eigenvalue weighted by Gasteiger charge is 2.36. The normalized spacial score (nSPS) is 24.0. The lowest BCUT2D eigenvalue weighted by molar-refractivity contribution is 0.674. The molecule has 0 spiro atoms.